The number of nitrogens with one attached hydrogen (secondary N) is 2. The number of carbonyl (C=O) groups is 1. The van der Waals surface area contributed by atoms with Gasteiger partial charge in [0.1, 0.15) is 0 Å². The van der Waals surface area contributed by atoms with E-state index in [2.05, 4.69) is 26.0 Å². The van der Waals surface area contributed by atoms with Gasteiger partial charge in [-0.15, -0.1) is 0 Å². The molecule has 0 radical (unpaired) electrons. The minimum absolute atomic E-state index is 0.0706. The first-order valence-corrected chi connectivity index (χ1v) is 11.6. The second kappa shape index (κ2) is 8.62. The molecule has 0 saturated heterocycles. The van der Waals surface area contributed by atoms with E-state index in [-0.39, 0.29) is 16.4 Å². The molecule has 0 aliphatic rings. The summed E-state index contributed by atoms with van der Waals surface area (Å²) >= 11 is 3.43. The van der Waals surface area contributed by atoms with Crippen LogP contribution in [0, 0.1) is 27.7 Å². The van der Waals surface area contributed by atoms with Gasteiger partial charge in [0.05, 0.1) is 4.90 Å². The zero-order valence-corrected chi connectivity index (χ0v) is 19.6. The molecule has 0 aliphatic carbocycles. The predicted molar refractivity (Wildman–Crippen MR) is 125 cm³/mol. The molecule has 0 spiro atoms. The van der Waals surface area contributed by atoms with Crippen molar-refractivity contribution < 1.29 is 13.2 Å². The van der Waals surface area contributed by atoms with Crippen LogP contribution in [0.3, 0.4) is 0 Å². The largest absolute Gasteiger partial charge is 0.322 e. The Hall–Kier alpha value is -2.64. The number of amides is 1. The van der Waals surface area contributed by atoms with Crippen molar-refractivity contribution in [2.75, 3.05) is 10.0 Å². The number of halogens is 1. The number of hydrogen-bond acceptors (Lipinski definition) is 3. The smallest absolute Gasteiger partial charge is 0.262 e. The van der Waals surface area contributed by atoms with Crippen molar-refractivity contribution in [2.24, 2.45) is 0 Å². The Morgan fingerprint density at radius 3 is 2.10 bits per heavy atom. The quantitative estimate of drug-likeness (QED) is 0.482. The van der Waals surface area contributed by atoms with Crippen molar-refractivity contribution in [2.45, 2.75) is 32.6 Å². The number of rotatable bonds is 5. The molecule has 2 N–H and O–H groups in total. The Morgan fingerprint density at radius 1 is 0.800 bits per heavy atom. The fraction of sp³-hybridized carbons (Fsp3) is 0.174. The van der Waals surface area contributed by atoms with Crippen LogP contribution in [0.1, 0.15) is 32.6 Å². The molecule has 0 aromatic heterocycles. The lowest BCUT2D eigenvalue weighted by Crippen LogP contribution is -2.17. The first kappa shape index (κ1) is 22.1. The van der Waals surface area contributed by atoms with Crippen LogP contribution in [-0.2, 0) is 10.0 Å². The van der Waals surface area contributed by atoms with E-state index in [9.17, 15) is 13.2 Å². The molecule has 30 heavy (non-hydrogen) atoms. The zero-order chi connectivity index (χ0) is 22.1. The zero-order valence-electron chi connectivity index (χ0n) is 17.2. The van der Waals surface area contributed by atoms with Gasteiger partial charge >= 0.3 is 0 Å². The normalized spacial score (nSPS) is 11.2. The number of anilines is 2. The third-order valence-corrected chi connectivity index (χ3v) is 7.04. The van der Waals surface area contributed by atoms with Crippen molar-refractivity contribution in [3.63, 3.8) is 0 Å². The molecule has 1 amide bonds. The summed E-state index contributed by atoms with van der Waals surface area (Å²) in [6.07, 6.45) is 0. The number of carbonyl (C=O) groups excluding carboxylic acids is 1. The second-order valence-corrected chi connectivity index (χ2v) is 9.89. The Kier molecular flexibility index (Phi) is 6.33. The van der Waals surface area contributed by atoms with Gasteiger partial charge in [-0.25, -0.2) is 8.42 Å². The molecular formula is C23H23BrN2O3S. The fourth-order valence-electron chi connectivity index (χ4n) is 3.20. The van der Waals surface area contributed by atoms with Gasteiger partial charge in [0.15, 0.2) is 0 Å². The molecule has 5 nitrogen and oxygen atoms in total. The SMILES string of the molecule is Cc1cc(C)cc(NS(=O)(=O)c2cc(C(=O)Nc3ccc(Br)c(C)c3)ccc2C)c1. The van der Waals surface area contributed by atoms with Crippen LogP contribution >= 0.6 is 15.9 Å². The molecule has 156 valence electrons. The van der Waals surface area contributed by atoms with Crippen LogP contribution in [0.15, 0.2) is 64.0 Å². The van der Waals surface area contributed by atoms with E-state index in [4.69, 9.17) is 0 Å². The second-order valence-electron chi connectivity index (χ2n) is 7.38. The number of aryl methyl sites for hydroxylation is 4. The molecule has 3 aromatic rings. The van der Waals surface area contributed by atoms with Gasteiger partial charge in [0, 0.05) is 21.4 Å². The molecule has 0 fully saturated rings. The lowest BCUT2D eigenvalue weighted by molar-refractivity contribution is 0.102. The fourth-order valence-corrected chi connectivity index (χ4v) is 4.76. The Morgan fingerprint density at radius 2 is 1.47 bits per heavy atom. The topological polar surface area (TPSA) is 75.3 Å². The highest BCUT2D eigenvalue weighted by Crippen LogP contribution is 2.24. The number of benzene rings is 3. The molecule has 3 aromatic carbocycles. The number of sulfonamides is 1. The molecule has 0 saturated carbocycles. The van der Waals surface area contributed by atoms with Crippen LogP contribution in [0.2, 0.25) is 0 Å². The predicted octanol–water partition coefficient (Wildman–Crippen LogP) is 5.74. The summed E-state index contributed by atoms with van der Waals surface area (Å²) in [6.45, 7) is 7.44. The summed E-state index contributed by atoms with van der Waals surface area (Å²) in [7, 11) is -3.85. The van der Waals surface area contributed by atoms with E-state index in [1.54, 1.807) is 37.3 Å². The molecule has 0 bridgehead atoms. The Balaban J connectivity index is 1.89. The Bertz CT molecular complexity index is 1220. The van der Waals surface area contributed by atoms with Crippen molar-refractivity contribution in [3.05, 3.63) is 86.9 Å². The van der Waals surface area contributed by atoms with Gasteiger partial charge in [0.25, 0.3) is 15.9 Å². The average Bonchev–Trinajstić information content (AvgIpc) is 2.63. The third kappa shape index (κ3) is 5.09. The number of hydrogen-bond donors (Lipinski definition) is 2. The van der Waals surface area contributed by atoms with Crippen molar-refractivity contribution in [1.82, 2.24) is 0 Å². The van der Waals surface area contributed by atoms with E-state index in [1.165, 1.54) is 6.07 Å². The monoisotopic (exact) mass is 486 g/mol. The lowest BCUT2D eigenvalue weighted by atomic mass is 10.1. The standard InChI is InChI=1S/C23H23BrN2O3S/c1-14-9-15(2)11-20(10-14)26-30(28,29)22-13-18(6-5-16(22)3)23(27)25-19-7-8-21(24)17(4)12-19/h5-13,26H,1-4H3,(H,25,27). The summed E-state index contributed by atoms with van der Waals surface area (Å²) in [5.74, 6) is -0.375. The van der Waals surface area contributed by atoms with Crippen LogP contribution < -0.4 is 10.0 Å². The molecule has 0 atom stereocenters. The van der Waals surface area contributed by atoms with Gasteiger partial charge in [-0.05, 0) is 92.4 Å². The van der Waals surface area contributed by atoms with Crippen molar-refractivity contribution in [1.29, 1.82) is 0 Å². The highest BCUT2D eigenvalue weighted by Gasteiger charge is 2.20. The third-order valence-electron chi connectivity index (χ3n) is 4.63. The van der Waals surface area contributed by atoms with Crippen molar-refractivity contribution >= 4 is 43.2 Å². The minimum atomic E-state index is -3.85. The molecular weight excluding hydrogens is 464 g/mol. The van der Waals surface area contributed by atoms with Crippen LogP contribution in [0.25, 0.3) is 0 Å². The maximum atomic E-state index is 13.0. The Labute approximate surface area is 185 Å². The molecule has 7 heteroatoms. The van der Waals surface area contributed by atoms with E-state index in [0.717, 1.165) is 21.2 Å². The van der Waals surface area contributed by atoms with Gasteiger partial charge in [-0.2, -0.15) is 0 Å². The summed E-state index contributed by atoms with van der Waals surface area (Å²) in [5.41, 5.74) is 4.86. The van der Waals surface area contributed by atoms with E-state index in [0.29, 0.717) is 16.9 Å². The maximum absolute atomic E-state index is 13.0. The molecule has 0 heterocycles. The van der Waals surface area contributed by atoms with E-state index in [1.807, 2.05) is 39.0 Å². The average molecular weight is 487 g/mol. The van der Waals surface area contributed by atoms with Gasteiger partial charge in [0.2, 0.25) is 0 Å². The summed E-state index contributed by atoms with van der Waals surface area (Å²) in [4.78, 5) is 12.8. The van der Waals surface area contributed by atoms with Crippen LogP contribution in [-0.4, -0.2) is 14.3 Å². The highest BCUT2D eigenvalue weighted by atomic mass is 79.9. The maximum Gasteiger partial charge on any atom is 0.262 e. The van der Waals surface area contributed by atoms with Crippen molar-refractivity contribution in [3.8, 4) is 0 Å². The first-order chi connectivity index (χ1) is 14.0. The molecule has 0 aliphatic heterocycles. The van der Waals surface area contributed by atoms with Crippen LogP contribution in [0.5, 0.6) is 0 Å². The van der Waals surface area contributed by atoms with Gasteiger partial charge in [-0.3, -0.25) is 9.52 Å². The van der Waals surface area contributed by atoms with E-state index < -0.39 is 10.0 Å². The minimum Gasteiger partial charge on any atom is -0.322 e. The summed E-state index contributed by atoms with van der Waals surface area (Å²) in [6, 6.07) is 15.6. The molecule has 0 unspecified atom stereocenters. The van der Waals surface area contributed by atoms with Gasteiger partial charge in [-0.1, -0.05) is 28.1 Å². The highest BCUT2D eigenvalue weighted by molar-refractivity contribution is 9.10. The van der Waals surface area contributed by atoms with E-state index >= 15 is 0 Å². The first-order valence-electron chi connectivity index (χ1n) is 9.34. The molecule has 3 rings (SSSR count). The summed E-state index contributed by atoms with van der Waals surface area (Å²) in [5, 5.41) is 2.81. The van der Waals surface area contributed by atoms with Gasteiger partial charge < -0.3 is 5.32 Å². The van der Waals surface area contributed by atoms with Crippen LogP contribution in [0.4, 0.5) is 11.4 Å². The summed E-state index contributed by atoms with van der Waals surface area (Å²) < 4.78 is 29.6. The lowest BCUT2D eigenvalue weighted by Gasteiger charge is -2.13.